The smallest absolute Gasteiger partial charge is 0.336 e. The fraction of sp³-hybridized carbons (Fsp3) is 0.538. The van der Waals surface area contributed by atoms with Gasteiger partial charge in [-0.05, 0) is 19.8 Å². The van der Waals surface area contributed by atoms with Gasteiger partial charge >= 0.3 is 5.97 Å². The highest BCUT2D eigenvalue weighted by Crippen LogP contribution is 2.36. The van der Waals surface area contributed by atoms with E-state index in [9.17, 15) is 9.59 Å². The Kier molecular flexibility index (Phi) is 2.61. The molecule has 0 aromatic carbocycles. The van der Waals surface area contributed by atoms with Gasteiger partial charge in [0.25, 0.3) is 12.2 Å². The van der Waals surface area contributed by atoms with Crippen LogP contribution in [-0.4, -0.2) is 24.2 Å². The number of carbonyl (C=O) groups excluding carboxylic acids is 2. The van der Waals surface area contributed by atoms with E-state index in [4.69, 9.17) is 9.47 Å². The van der Waals surface area contributed by atoms with Crippen LogP contribution in [-0.2, 0) is 19.1 Å². The predicted octanol–water partition coefficient (Wildman–Crippen LogP) is 1.01. The van der Waals surface area contributed by atoms with Gasteiger partial charge in [0.15, 0.2) is 0 Å². The normalized spacial score (nSPS) is 36.4. The lowest BCUT2D eigenvalue weighted by atomic mass is 10.00. The third-order valence-corrected chi connectivity index (χ3v) is 3.75. The number of nitrogens with one attached hydrogen (secondary N) is 1. The van der Waals surface area contributed by atoms with Crippen LogP contribution < -0.4 is 5.32 Å². The highest BCUT2D eigenvalue weighted by Gasteiger charge is 2.40. The van der Waals surface area contributed by atoms with Crippen LogP contribution in [0.25, 0.3) is 0 Å². The van der Waals surface area contributed by atoms with Crippen LogP contribution in [0.4, 0.5) is 0 Å². The van der Waals surface area contributed by atoms with E-state index in [0.717, 1.165) is 19.3 Å². The molecule has 1 N–H and O–H groups in total. The van der Waals surface area contributed by atoms with Crippen molar-refractivity contribution in [3.05, 3.63) is 23.5 Å². The van der Waals surface area contributed by atoms with E-state index in [1.807, 2.05) is 0 Å². The van der Waals surface area contributed by atoms with Gasteiger partial charge in [-0.15, -0.1) is 0 Å². The summed E-state index contributed by atoms with van der Waals surface area (Å²) in [5.74, 6) is -0.178. The number of amides is 1. The maximum Gasteiger partial charge on any atom is 0.336 e. The van der Waals surface area contributed by atoms with Gasteiger partial charge in [0, 0.05) is 23.6 Å². The van der Waals surface area contributed by atoms with Gasteiger partial charge in [-0.1, -0.05) is 6.42 Å². The third-order valence-electron chi connectivity index (χ3n) is 3.75. The maximum atomic E-state index is 11.7. The van der Waals surface area contributed by atoms with Crippen molar-refractivity contribution in [2.24, 2.45) is 5.92 Å². The molecular formula is C13H15NO4. The van der Waals surface area contributed by atoms with Crippen molar-refractivity contribution >= 4 is 11.9 Å². The maximum absolute atomic E-state index is 11.7. The molecule has 1 amide bonds. The average Bonchev–Trinajstić information content (AvgIpc) is 2.94. The van der Waals surface area contributed by atoms with Gasteiger partial charge in [-0.2, -0.15) is 0 Å². The number of cyclic esters (lactones) is 1. The molecule has 0 unspecified atom stereocenters. The Labute approximate surface area is 105 Å². The average molecular weight is 249 g/mol. The zero-order valence-electron chi connectivity index (χ0n) is 10.1. The van der Waals surface area contributed by atoms with Crippen molar-refractivity contribution in [3.8, 4) is 0 Å². The van der Waals surface area contributed by atoms with E-state index >= 15 is 0 Å². The SMILES string of the molecule is CC1=C[C@@H](O/C=C2/C(=O)N[C@@H]3CCC[C@H]23)OC1=O. The standard InChI is InChI=1S/C13H15NO4/c1-7-5-11(18-13(7)16)17-6-9-8-3-2-4-10(8)14-12(9)15/h5-6,8,10-11H,2-4H2,1H3,(H,14,15)/b9-6+/t8-,10-,11+/m1/s1. The van der Waals surface area contributed by atoms with Crippen LogP contribution in [0.15, 0.2) is 23.5 Å². The van der Waals surface area contributed by atoms with E-state index in [2.05, 4.69) is 5.32 Å². The molecule has 5 nitrogen and oxygen atoms in total. The predicted molar refractivity (Wildman–Crippen MR) is 62.1 cm³/mol. The Morgan fingerprint density at radius 1 is 1.44 bits per heavy atom. The van der Waals surface area contributed by atoms with Gasteiger partial charge < -0.3 is 14.8 Å². The van der Waals surface area contributed by atoms with Gasteiger partial charge in [0.05, 0.1) is 11.8 Å². The van der Waals surface area contributed by atoms with E-state index in [-0.39, 0.29) is 23.8 Å². The van der Waals surface area contributed by atoms with Crippen molar-refractivity contribution in [3.63, 3.8) is 0 Å². The van der Waals surface area contributed by atoms with Crippen LogP contribution in [0, 0.1) is 5.92 Å². The number of rotatable bonds is 2. The fourth-order valence-corrected chi connectivity index (χ4v) is 2.78. The lowest BCUT2D eigenvalue weighted by Crippen LogP contribution is -2.25. The van der Waals surface area contributed by atoms with Gasteiger partial charge in [0.1, 0.15) is 0 Å². The van der Waals surface area contributed by atoms with Crippen molar-refractivity contribution in [2.45, 2.75) is 38.5 Å². The fourth-order valence-electron chi connectivity index (χ4n) is 2.78. The zero-order valence-corrected chi connectivity index (χ0v) is 10.1. The molecule has 2 fully saturated rings. The van der Waals surface area contributed by atoms with Crippen molar-refractivity contribution in [1.82, 2.24) is 5.32 Å². The van der Waals surface area contributed by atoms with Crippen molar-refractivity contribution < 1.29 is 19.1 Å². The summed E-state index contributed by atoms with van der Waals surface area (Å²) in [5.41, 5.74) is 1.21. The Bertz CT molecular complexity index is 466. The Morgan fingerprint density at radius 2 is 2.28 bits per heavy atom. The Morgan fingerprint density at radius 3 is 3.00 bits per heavy atom. The van der Waals surface area contributed by atoms with Gasteiger partial charge in [-0.3, -0.25) is 4.79 Å². The summed E-state index contributed by atoms with van der Waals surface area (Å²) in [6.45, 7) is 1.67. The van der Waals surface area contributed by atoms with Crippen molar-refractivity contribution in [2.75, 3.05) is 0 Å². The van der Waals surface area contributed by atoms with Crippen molar-refractivity contribution in [1.29, 1.82) is 0 Å². The molecule has 96 valence electrons. The van der Waals surface area contributed by atoms with E-state index in [1.165, 1.54) is 6.26 Å². The number of esters is 1. The molecule has 0 radical (unpaired) electrons. The molecule has 1 saturated heterocycles. The minimum atomic E-state index is -0.696. The van der Waals surface area contributed by atoms with Gasteiger partial charge in [-0.25, -0.2) is 4.79 Å². The summed E-state index contributed by atoms with van der Waals surface area (Å²) in [5, 5.41) is 2.95. The largest absolute Gasteiger partial charge is 0.458 e. The third kappa shape index (κ3) is 1.79. The van der Waals surface area contributed by atoms with E-state index < -0.39 is 6.29 Å². The molecule has 2 heterocycles. The molecule has 0 aromatic rings. The summed E-state index contributed by atoms with van der Waals surface area (Å²) >= 11 is 0. The first-order valence-corrected chi connectivity index (χ1v) is 6.21. The second-order valence-corrected chi connectivity index (χ2v) is 4.95. The topological polar surface area (TPSA) is 64.6 Å². The van der Waals surface area contributed by atoms with E-state index in [0.29, 0.717) is 11.1 Å². The van der Waals surface area contributed by atoms with Gasteiger partial charge in [0.2, 0.25) is 0 Å². The Balaban J connectivity index is 1.69. The lowest BCUT2D eigenvalue weighted by molar-refractivity contribution is -0.152. The molecule has 5 heteroatoms. The van der Waals surface area contributed by atoms with Crippen LogP contribution in [0.1, 0.15) is 26.2 Å². The molecule has 3 aliphatic rings. The molecule has 1 saturated carbocycles. The number of carbonyl (C=O) groups is 2. The monoisotopic (exact) mass is 249 g/mol. The quantitative estimate of drug-likeness (QED) is 0.451. The molecule has 0 aromatic heterocycles. The first-order valence-electron chi connectivity index (χ1n) is 6.21. The first-order chi connectivity index (χ1) is 8.65. The molecular weight excluding hydrogens is 234 g/mol. The second-order valence-electron chi connectivity index (χ2n) is 4.95. The molecule has 3 rings (SSSR count). The molecule has 3 atom stereocenters. The Hall–Kier alpha value is -1.78. The van der Waals surface area contributed by atoms with Crippen LogP contribution in [0.3, 0.4) is 0 Å². The molecule has 1 aliphatic carbocycles. The number of hydrogen-bond acceptors (Lipinski definition) is 4. The summed E-state index contributed by atoms with van der Waals surface area (Å²) in [6.07, 6.45) is 5.54. The number of hydrogen-bond donors (Lipinski definition) is 1. The summed E-state index contributed by atoms with van der Waals surface area (Å²) in [6, 6.07) is 0.260. The summed E-state index contributed by atoms with van der Waals surface area (Å²) < 4.78 is 10.3. The minimum absolute atomic E-state index is 0.0604. The van der Waals surface area contributed by atoms with Crippen LogP contribution in [0.5, 0.6) is 0 Å². The number of fused-ring (bicyclic) bond motifs is 1. The van der Waals surface area contributed by atoms with Crippen LogP contribution in [0.2, 0.25) is 0 Å². The second kappa shape index (κ2) is 4.15. The van der Waals surface area contributed by atoms with Crippen LogP contribution >= 0.6 is 0 Å². The highest BCUT2D eigenvalue weighted by molar-refractivity contribution is 5.96. The lowest BCUT2D eigenvalue weighted by Gasteiger charge is -2.10. The molecule has 0 spiro atoms. The summed E-state index contributed by atoms with van der Waals surface area (Å²) in [7, 11) is 0. The first kappa shape index (κ1) is 11.3. The molecule has 2 aliphatic heterocycles. The highest BCUT2D eigenvalue weighted by atomic mass is 16.7. The summed E-state index contributed by atoms with van der Waals surface area (Å²) in [4.78, 5) is 22.9. The number of ether oxygens (including phenoxy) is 2. The van der Waals surface area contributed by atoms with E-state index in [1.54, 1.807) is 13.0 Å². The molecule has 0 bridgehead atoms. The molecule has 18 heavy (non-hydrogen) atoms. The zero-order chi connectivity index (χ0) is 12.7. The minimum Gasteiger partial charge on any atom is -0.458 e.